The maximum atomic E-state index is 13.6. The van der Waals surface area contributed by atoms with Gasteiger partial charge in [-0.2, -0.15) is 8.78 Å². The first-order valence-corrected chi connectivity index (χ1v) is 6.42. The van der Waals surface area contributed by atoms with E-state index in [4.69, 9.17) is 0 Å². The number of hydrogen-bond acceptors (Lipinski definition) is 4. The minimum atomic E-state index is -3.13. The predicted molar refractivity (Wildman–Crippen MR) is 64.8 cm³/mol. The second-order valence-corrected chi connectivity index (χ2v) is 4.86. The summed E-state index contributed by atoms with van der Waals surface area (Å²) in [5.41, 5.74) is -1.27. The lowest BCUT2D eigenvalue weighted by Gasteiger charge is -2.26. The monoisotopic (exact) mass is 343 g/mol. The fourth-order valence-electron chi connectivity index (χ4n) is 2.20. The summed E-state index contributed by atoms with van der Waals surface area (Å²) in [7, 11) is 0. The lowest BCUT2D eigenvalue weighted by molar-refractivity contribution is -0.0617. The summed E-state index contributed by atoms with van der Waals surface area (Å²) in [6.07, 6.45) is -7.82. The number of hydrogen-bond donors (Lipinski definition) is 2. The molecule has 3 unspecified atom stereocenters. The van der Waals surface area contributed by atoms with Gasteiger partial charge in [0.1, 0.15) is 0 Å². The molecule has 2 rings (SSSR count). The zero-order chi connectivity index (χ0) is 17.3. The quantitative estimate of drug-likeness (QED) is 0.652. The highest BCUT2D eigenvalue weighted by Crippen LogP contribution is 2.30. The lowest BCUT2D eigenvalue weighted by atomic mass is 9.98. The van der Waals surface area contributed by atoms with Gasteiger partial charge in [0.25, 0.3) is 5.90 Å². The average molecular weight is 343 g/mol. The molecule has 0 aliphatic carbocycles. The first-order chi connectivity index (χ1) is 10.7. The smallest absolute Gasteiger partial charge is 0.312 e. The second-order valence-electron chi connectivity index (χ2n) is 4.86. The van der Waals surface area contributed by atoms with Gasteiger partial charge in [-0.3, -0.25) is 0 Å². The van der Waals surface area contributed by atoms with E-state index in [2.05, 4.69) is 9.73 Å². The van der Waals surface area contributed by atoms with Gasteiger partial charge in [-0.15, -0.1) is 0 Å². The van der Waals surface area contributed by atoms with Crippen molar-refractivity contribution in [1.29, 1.82) is 0 Å². The first-order valence-electron chi connectivity index (χ1n) is 6.42. The van der Waals surface area contributed by atoms with E-state index in [-0.39, 0.29) is 12.5 Å². The molecule has 0 radical (unpaired) electrons. The number of alkyl halides is 2. The van der Waals surface area contributed by atoms with E-state index in [0.29, 0.717) is 0 Å². The third kappa shape index (κ3) is 3.75. The maximum absolute atomic E-state index is 13.6. The molecule has 1 aliphatic rings. The third-order valence-electron chi connectivity index (χ3n) is 3.20. The third-order valence-corrected chi connectivity index (χ3v) is 3.20. The predicted octanol–water partition coefficient (Wildman–Crippen LogP) is 2.44. The number of ether oxygens (including phenoxy) is 1. The maximum Gasteiger partial charge on any atom is 0.312 e. The number of aliphatic imine (C=N–C) groups is 1. The minimum Gasteiger partial charge on any atom is -0.447 e. The SMILES string of the molecule is OC1CC(CC(O)c2c(F)c(F)cc(F)c2F)N=C(C(F)F)O1. The van der Waals surface area contributed by atoms with Crippen LogP contribution in [0.15, 0.2) is 11.1 Å². The van der Waals surface area contributed by atoms with Crippen LogP contribution in [0.3, 0.4) is 0 Å². The zero-order valence-corrected chi connectivity index (χ0v) is 11.3. The van der Waals surface area contributed by atoms with Gasteiger partial charge in [0.15, 0.2) is 23.3 Å². The Labute approximate surface area is 126 Å². The van der Waals surface area contributed by atoms with Crippen LogP contribution in [0, 0.1) is 23.3 Å². The van der Waals surface area contributed by atoms with Crippen LogP contribution in [0.2, 0.25) is 0 Å². The van der Waals surface area contributed by atoms with Crippen molar-refractivity contribution in [2.24, 2.45) is 4.99 Å². The van der Waals surface area contributed by atoms with Crippen molar-refractivity contribution in [3.05, 3.63) is 34.9 Å². The molecule has 0 saturated heterocycles. The van der Waals surface area contributed by atoms with Gasteiger partial charge in [-0.1, -0.05) is 0 Å². The lowest BCUT2D eigenvalue weighted by Crippen LogP contribution is -2.33. The first kappa shape index (κ1) is 17.5. The molecular formula is C13H11F6NO3. The molecule has 4 nitrogen and oxygen atoms in total. The van der Waals surface area contributed by atoms with Crippen LogP contribution in [0.5, 0.6) is 0 Å². The Morgan fingerprint density at radius 3 is 2.26 bits per heavy atom. The fourth-order valence-corrected chi connectivity index (χ4v) is 2.20. The standard InChI is InChI=1S/C13H11F6NO3/c14-5-3-6(15)11(17)9(10(5)16)7(21)1-4-2-8(22)23-13(20-4)12(18)19/h3-4,7-8,12,21-22H,1-2H2. The molecular weight excluding hydrogens is 332 g/mol. The van der Waals surface area contributed by atoms with Crippen molar-refractivity contribution < 1.29 is 41.3 Å². The summed E-state index contributed by atoms with van der Waals surface area (Å²) in [6, 6.07) is -1.20. The van der Waals surface area contributed by atoms with Gasteiger partial charge in [0.05, 0.1) is 17.7 Å². The van der Waals surface area contributed by atoms with Gasteiger partial charge < -0.3 is 14.9 Å². The number of rotatable bonds is 4. The Balaban J connectivity index is 2.26. The van der Waals surface area contributed by atoms with E-state index in [1.54, 1.807) is 0 Å². The largest absolute Gasteiger partial charge is 0.447 e. The minimum absolute atomic E-state index is 0.0217. The van der Waals surface area contributed by atoms with Crippen molar-refractivity contribution in [1.82, 2.24) is 0 Å². The van der Waals surface area contributed by atoms with Crippen LogP contribution < -0.4 is 0 Å². The van der Waals surface area contributed by atoms with Crippen molar-refractivity contribution in [2.45, 2.75) is 37.7 Å². The molecule has 1 aliphatic heterocycles. The van der Waals surface area contributed by atoms with E-state index in [9.17, 15) is 36.6 Å². The summed E-state index contributed by atoms with van der Waals surface area (Å²) in [6.45, 7) is 0. The van der Waals surface area contributed by atoms with Gasteiger partial charge in [-0.25, -0.2) is 22.6 Å². The highest BCUT2D eigenvalue weighted by Gasteiger charge is 2.32. The van der Waals surface area contributed by atoms with E-state index >= 15 is 0 Å². The Bertz CT molecular complexity index is 598. The molecule has 23 heavy (non-hydrogen) atoms. The van der Waals surface area contributed by atoms with Crippen LogP contribution in [0.4, 0.5) is 26.3 Å². The van der Waals surface area contributed by atoms with Gasteiger partial charge >= 0.3 is 6.43 Å². The summed E-state index contributed by atoms with van der Waals surface area (Å²) < 4.78 is 82.7. The number of aliphatic hydroxyl groups is 2. The Hall–Kier alpha value is -1.81. The van der Waals surface area contributed by atoms with Crippen LogP contribution in [-0.4, -0.2) is 34.9 Å². The molecule has 2 N–H and O–H groups in total. The van der Waals surface area contributed by atoms with Crippen molar-refractivity contribution in [2.75, 3.05) is 0 Å². The molecule has 0 amide bonds. The number of nitrogens with zero attached hydrogens (tertiary/aromatic N) is 1. The van der Waals surface area contributed by atoms with Crippen LogP contribution in [0.25, 0.3) is 0 Å². The molecule has 3 atom stereocenters. The van der Waals surface area contributed by atoms with Crippen LogP contribution in [-0.2, 0) is 4.74 Å². The molecule has 1 aromatic carbocycles. The fraction of sp³-hybridized carbons (Fsp3) is 0.462. The van der Waals surface area contributed by atoms with E-state index in [0.717, 1.165) is 0 Å². The summed E-state index contributed by atoms with van der Waals surface area (Å²) in [5, 5.41) is 19.1. The van der Waals surface area contributed by atoms with Crippen molar-refractivity contribution >= 4 is 5.90 Å². The number of benzene rings is 1. The van der Waals surface area contributed by atoms with Crippen molar-refractivity contribution in [3.8, 4) is 0 Å². The molecule has 0 aromatic heterocycles. The van der Waals surface area contributed by atoms with Crippen LogP contribution in [0.1, 0.15) is 24.5 Å². The van der Waals surface area contributed by atoms with Gasteiger partial charge in [-0.05, 0) is 0 Å². The van der Waals surface area contributed by atoms with Gasteiger partial charge in [0, 0.05) is 18.9 Å². The molecule has 1 aromatic rings. The van der Waals surface area contributed by atoms with Crippen LogP contribution >= 0.6 is 0 Å². The number of halogens is 6. The van der Waals surface area contributed by atoms with E-state index < -0.39 is 66.0 Å². The van der Waals surface area contributed by atoms with Crippen molar-refractivity contribution in [3.63, 3.8) is 0 Å². The molecule has 0 spiro atoms. The average Bonchev–Trinajstić information content (AvgIpc) is 2.44. The summed E-state index contributed by atoms with van der Waals surface area (Å²) in [4.78, 5) is 3.39. The zero-order valence-electron chi connectivity index (χ0n) is 11.3. The summed E-state index contributed by atoms with van der Waals surface area (Å²) in [5.74, 6) is -8.08. The molecule has 0 saturated carbocycles. The topological polar surface area (TPSA) is 62.0 Å². The molecule has 0 bridgehead atoms. The second kappa shape index (κ2) is 6.75. The molecule has 0 fully saturated rings. The Morgan fingerprint density at radius 1 is 1.17 bits per heavy atom. The molecule has 10 heteroatoms. The highest BCUT2D eigenvalue weighted by molar-refractivity contribution is 5.80. The summed E-state index contributed by atoms with van der Waals surface area (Å²) >= 11 is 0. The molecule has 128 valence electrons. The molecule has 1 heterocycles. The normalized spacial score (nSPS) is 22.7. The Kier molecular flexibility index (Phi) is 5.15. The van der Waals surface area contributed by atoms with E-state index in [1.807, 2.05) is 0 Å². The van der Waals surface area contributed by atoms with E-state index in [1.165, 1.54) is 0 Å². The number of aliphatic hydroxyl groups excluding tert-OH is 2. The van der Waals surface area contributed by atoms with Gasteiger partial charge in [0.2, 0.25) is 6.29 Å². The Morgan fingerprint density at radius 2 is 1.74 bits per heavy atom. The highest BCUT2D eigenvalue weighted by atomic mass is 19.3.